The third-order valence-electron chi connectivity index (χ3n) is 4.70. The normalized spacial score (nSPS) is 12.4. The minimum Gasteiger partial charge on any atom is -0.343 e. The molecular weight excluding hydrogens is 342 g/mol. The number of aryl methyl sites for hydroxylation is 1. The molecular formula is C21H23N3O3. The lowest BCUT2D eigenvalue weighted by atomic mass is 10.1. The second-order valence-electron chi connectivity index (χ2n) is 6.51. The summed E-state index contributed by atoms with van der Waals surface area (Å²) in [5.41, 5.74) is 4.12. The highest BCUT2D eigenvalue weighted by Gasteiger charge is 2.23. The van der Waals surface area contributed by atoms with Gasteiger partial charge in [0.15, 0.2) is 0 Å². The largest absolute Gasteiger partial charge is 0.343 e. The Morgan fingerprint density at radius 1 is 1.11 bits per heavy atom. The average molecular weight is 365 g/mol. The summed E-state index contributed by atoms with van der Waals surface area (Å²) in [5.74, 6) is -0.582. The summed E-state index contributed by atoms with van der Waals surface area (Å²) in [5, 5.41) is 5.48. The highest BCUT2D eigenvalue weighted by molar-refractivity contribution is 6.01. The molecule has 1 heterocycles. The Kier molecular flexibility index (Phi) is 5.54. The van der Waals surface area contributed by atoms with Gasteiger partial charge in [0.25, 0.3) is 5.91 Å². The van der Waals surface area contributed by atoms with Crippen LogP contribution in [0, 0.1) is 0 Å². The van der Waals surface area contributed by atoms with E-state index in [2.05, 4.69) is 10.6 Å². The second kappa shape index (κ2) is 8.03. The van der Waals surface area contributed by atoms with E-state index in [1.54, 1.807) is 23.1 Å². The van der Waals surface area contributed by atoms with Crippen LogP contribution in [0.3, 0.4) is 0 Å². The van der Waals surface area contributed by atoms with Crippen LogP contribution in [-0.2, 0) is 22.4 Å². The number of nitrogens with one attached hydrogen (secondary N) is 2. The quantitative estimate of drug-likeness (QED) is 0.855. The third-order valence-corrected chi connectivity index (χ3v) is 4.70. The highest BCUT2D eigenvalue weighted by Crippen LogP contribution is 2.28. The second-order valence-corrected chi connectivity index (χ2v) is 6.51. The zero-order valence-corrected chi connectivity index (χ0v) is 15.5. The number of hydrogen-bond donors (Lipinski definition) is 2. The van der Waals surface area contributed by atoms with Crippen LogP contribution in [0.15, 0.2) is 42.5 Å². The van der Waals surface area contributed by atoms with Crippen molar-refractivity contribution in [2.75, 3.05) is 23.3 Å². The molecule has 0 atom stereocenters. The molecule has 0 aromatic heterocycles. The minimum atomic E-state index is -0.307. The summed E-state index contributed by atoms with van der Waals surface area (Å²) in [6, 6.07) is 12.9. The van der Waals surface area contributed by atoms with Gasteiger partial charge in [0.2, 0.25) is 11.8 Å². The van der Waals surface area contributed by atoms with Crippen LogP contribution in [0.5, 0.6) is 0 Å². The van der Waals surface area contributed by atoms with Gasteiger partial charge in [0, 0.05) is 30.4 Å². The topological polar surface area (TPSA) is 78.5 Å². The Morgan fingerprint density at radius 3 is 2.63 bits per heavy atom. The molecule has 1 aliphatic heterocycles. The fraction of sp³-hybridized carbons (Fsp3) is 0.286. The molecule has 0 spiro atoms. The third kappa shape index (κ3) is 4.16. The molecule has 0 fully saturated rings. The van der Waals surface area contributed by atoms with E-state index in [9.17, 15) is 14.4 Å². The van der Waals surface area contributed by atoms with E-state index in [0.29, 0.717) is 12.1 Å². The maximum absolute atomic E-state index is 12.4. The Morgan fingerprint density at radius 2 is 1.89 bits per heavy atom. The number of nitrogens with zero attached hydrogens (tertiary/aromatic N) is 1. The van der Waals surface area contributed by atoms with Crippen molar-refractivity contribution in [2.24, 2.45) is 0 Å². The monoisotopic (exact) mass is 365 g/mol. The lowest BCUT2D eigenvalue weighted by molar-refractivity contribution is -0.116. The van der Waals surface area contributed by atoms with Crippen molar-refractivity contribution in [1.29, 1.82) is 0 Å². The van der Waals surface area contributed by atoms with E-state index >= 15 is 0 Å². The standard InChI is InChI=1S/C21H23N3O3/c1-3-15-6-4-5-7-18(15)23-20(26)13-22-21(27)17-8-9-19-16(12-17)10-11-24(19)14(2)25/h4-9,12H,3,10-11,13H2,1-2H3,(H,22,27)(H,23,26). The van der Waals surface area contributed by atoms with Crippen molar-refractivity contribution in [1.82, 2.24) is 5.32 Å². The van der Waals surface area contributed by atoms with Crippen molar-refractivity contribution in [3.8, 4) is 0 Å². The Hall–Kier alpha value is -3.15. The maximum atomic E-state index is 12.4. The van der Waals surface area contributed by atoms with Gasteiger partial charge in [-0.05, 0) is 48.2 Å². The molecule has 2 N–H and O–H groups in total. The summed E-state index contributed by atoms with van der Waals surface area (Å²) in [7, 11) is 0. The number of para-hydroxylation sites is 1. The Balaban J connectivity index is 1.60. The molecule has 140 valence electrons. The van der Waals surface area contributed by atoms with Crippen LogP contribution in [0.4, 0.5) is 11.4 Å². The molecule has 6 heteroatoms. The minimum absolute atomic E-state index is 0.00465. The predicted molar refractivity (Wildman–Crippen MR) is 105 cm³/mol. The molecule has 27 heavy (non-hydrogen) atoms. The van der Waals surface area contributed by atoms with Crippen molar-refractivity contribution in [3.63, 3.8) is 0 Å². The molecule has 0 bridgehead atoms. The van der Waals surface area contributed by atoms with E-state index in [0.717, 1.165) is 35.3 Å². The smallest absolute Gasteiger partial charge is 0.251 e. The van der Waals surface area contributed by atoms with Crippen molar-refractivity contribution < 1.29 is 14.4 Å². The summed E-state index contributed by atoms with van der Waals surface area (Å²) in [6.45, 7) is 4.08. The molecule has 0 saturated carbocycles. The van der Waals surface area contributed by atoms with Crippen LogP contribution in [0.25, 0.3) is 0 Å². The fourth-order valence-electron chi connectivity index (χ4n) is 3.28. The van der Waals surface area contributed by atoms with Crippen molar-refractivity contribution in [2.45, 2.75) is 26.7 Å². The summed E-state index contributed by atoms with van der Waals surface area (Å²) < 4.78 is 0. The first-order valence-electron chi connectivity index (χ1n) is 9.06. The van der Waals surface area contributed by atoms with Crippen LogP contribution in [0.1, 0.15) is 35.3 Å². The van der Waals surface area contributed by atoms with Gasteiger partial charge in [-0.25, -0.2) is 0 Å². The maximum Gasteiger partial charge on any atom is 0.251 e. The number of fused-ring (bicyclic) bond motifs is 1. The molecule has 6 nitrogen and oxygen atoms in total. The van der Waals surface area contributed by atoms with Gasteiger partial charge in [0.1, 0.15) is 0 Å². The van der Waals surface area contributed by atoms with Gasteiger partial charge in [0.05, 0.1) is 6.54 Å². The molecule has 0 radical (unpaired) electrons. The number of amides is 3. The Bertz CT molecular complexity index is 892. The van der Waals surface area contributed by atoms with E-state index in [1.165, 1.54) is 6.92 Å². The van der Waals surface area contributed by atoms with E-state index in [4.69, 9.17) is 0 Å². The highest BCUT2D eigenvalue weighted by atomic mass is 16.2. The van der Waals surface area contributed by atoms with Gasteiger partial charge in [-0.2, -0.15) is 0 Å². The summed E-state index contributed by atoms with van der Waals surface area (Å²) in [4.78, 5) is 37.8. The molecule has 3 amide bonds. The number of hydrogen-bond acceptors (Lipinski definition) is 3. The van der Waals surface area contributed by atoms with Gasteiger partial charge in [-0.3, -0.25) is 14.4 Å². The van der Waals surface area contributed by atoms with E-state index < -0.39 is 0 Å². The van der Waals surface area contributed by atoms with E-state index in [1.807, 2.05) is 31.2 Å². The predicted octanol–water partition coefficient (Wildman–Crippen LogP) is 2.53. The van der Waals surface area contributed by atoms with Gasteiger partial charge < -0.3 is 15.5 Å². The molecule has 0 unspecified atom stereocenters. The molecule has 0 saturated heterocycles. The number of carbonyl (C=O) groups is 3. The number of anilines is 2. The first-order chi connectivity index (χ1) is 13.0. The fourth-order valence-corrected chi connectivity index (χ4v) is 3.28. The zero-order chi connectivity index (χ0) is 19.4. The number of carbonyl (C=O) groups excluding carboxylic acids is 3. The lowest BCUT2D eigenvalue weighted by Crippen LogP contribution is -2.33. The molecule has 1 aliphatic rings. The molecule has 2 aromatic carbocycles. The van der Waals surface area contributed by atoms with Crippen LogP contribution >= 0.6 is 0 Å². The van der Waals surface area contributed by atoms with Crippen LogP contribution in [-0.4, -0.2) is 30.8 Å². The summed E-state index contributed by atoms with van der Waals surface area (Å²) >= 11 is 0. The summed E-state index contributed by atoms with van der Waals surface area (Å²) in [6.07, 6.45) is 1.54. The molecule has 3 rings (SSSR count). The lowest BCUT2D eigenvalue weighted by Gasteiger charge is -2.15. The first kappa shape index (κ1) is 18.6. The van der Waals surface area contributed by atoms with E-state index in [-0.39, 0.29) is 24.3 Å². The zero-order valence-electron chi connectivity index (χ0n) is 15.5. The first-order valence-corrected chi connectivity index (χ1v) is 9.06. The Labute approximate surface area is 158 Å². The van der Waals surface area contributed by atoms with Crippen LogP contribution in [0.2, 0.25) is 0 Å². The van der Waals surface area contributed by atoms with Gasteiger partial charge >= 0.3 is 0 Å². The SMILES string of the molecule is CCc1ccccc1NC(=O)CNC(=O)c1ccc2c(c1)CCN2C(C)=O. The molecule has 0 aliphatic carbocycles. The number of benzene rings is 2. The van der Waals surface area contributed by atoms with Gasteiger partial charge in [-0.15, -0.1) is 0 Å². The van der Waals surface area contributed by atoms with Crippen molar-refractivity contribution >= 4 is 29.1 Å². The van der Waals surface area contributed by atoms with Crippen LogP contribution < -0.4 is 15.5 Å². The number of rotatable bonds is 5. The average Bonchev–Trinajstić information content (AvgIpc) is 3.10. The van der Waals surface area contributed by atoms with Gasteiger partial charge in [-0.1, -0.05) is 25.1 Å². The molecule has 2 aromatic rings. The van der Waals surface area contributed by atoms with Crippen molar-refractivity contribution in [3.05, 3.63) is 59.2 Å².